The number of fused-ring (bicyclic) bond motifs is 1. The third kappa shape index (κ3) is 2.65. The fourth-order valence-corrected chi connectivity index (χ4v) is 3.00. The molecule has 1 N–H and O–H groups in total. The molecule has 0 bridgehead atoms. The molecule has 0 spiro atoms. The lowest BCUT2D eigenvalue weighted by Gasteiger charge is -2.15. The molecule has 1 heterocycles. The molecule has 3 rings (SSSR count). The van der Waals surface area contributed by atoms with E-state index in [-0.39, 0.29) is 6.04 Å². The van der Waals surface area contributed by atoms with Gasteiger partial charge in [0.25, 0.3) is 0 Å². The van der Waals surface area contributed by atoms with Crippen LogP contribution in [0.3, 0.4) is 0 Å². The van der Waals surface area contributed by atoms with E-state index in [1.54, 1.807) is 0 Å². The van der Waals surface area contributed by atoms with E-state index in [9.17, 15) is 0 Å². The van der Waals surface area contributed by atoms with Crippen LogP contribution in [-0.2, 0) is 6.54 Å². The van der Waals surface area contributed by atoms with Gasteiger partial charge in [-0.25, -0.2) is 0 Å². The zero-order valence-electron chi connectivity index (χ0n) is 11.3. The summed E-state index contributed by atoms with van der Waals surface area (Å²) in [6.45, 7) is 2.96. The lowest BCUT2D eigenvalue weighted by atomic mass is 10.1. The summed E-state index contributed by atoms with van der Waals surface area (Å²) < 4.78 is 6.70. The summed E-state index contributed by atoms with van der Waals surface area (Å²) >= 11 is 3.60. The number of benzene rings is 2. The molecule has 20 heavy (non-hydrogen) atoms. The van der Waals surface area contributed by atoms with Crippen molar-refractivity contribution in [3.05, 3.63) is 70.4 Å². The quantitative estimate of drug-likeness (QED) is 0.724. The molecule has 1 atom stereocenters. The van der Waals surface area contributed by atoms with Gasteiger partial charge in [-0.05, 0) is 24.6 Å². The van der Waals surface area contributed by atoms with Crippen molar-refractivity contribution >= 4 is 26.9 Å². The topological polar surface area (TPSA) is 25.2 Å². The van der Waals surface area contributed by atoms with E-state index in [1.165, 1.54) is 16.5 Å². The average molecular weight is 330 g/mol. The van der Waals surface area contributed by atoms with Gasteiger partial charge in [-0.3, -0.25) is 0 Å². The highest BCUT2D eigenvalue weighted by Gasteiger charge is 2.10. The van der Waals surface area contributed by atoms with E-state index < -0.39 is 0 Å². The average Bonchev–Trinajstić information content (AvgIpc) is 2.88. The van der Waals surface area contributed by atoms with Crippen LogP contribution < -0.4 is 5.32 Å². The molecule has 2 aromatic carbocycles. The fourth-order valence-electron chi connectivity index (χ4n) is 2.37. The fraction of sp³-hybridized carbons (Fsp3) is 0.176. The smallest absolute Gasteiger partial charge is 0.134 e. The Morgan fingerprint density at radius 1 is 1.10 bits per heavy atom. The number of hydrogen-bond acceptors (Lipinski definition) is 2. The van der Waals surface area contributed by atoms with Crippen LogP contribution in [0, 0.1) is 0 Å². The summed E-state index contributed by atoms with van der Waals surface area (Å²) in [5, 5.41) is 4.72. The van der Waals surface area contributed by atoms with Gasteiger partial charge in [0.15, 0.2) is 0 Å². The van der Waals surface area contributed by atoms with Crippen molar-refractivity contribution in [2.24, 2.45) is 0 Å². The second kappa shape index (κ2) is 5.81. The van der Waals surface area contributed by atoms with Crippen molar-refractivity contribution in [3.63, 3.8) is 0 Å². The Bertz CT molecular complexity index is 720. The zero-order valence-corrected chi connectivity index (χ0v) is 12.9. The molecule has 1 aromatic heterocycles. The third-order valence-electron chi connectivity index (χ3n) is 3.53. The minimum absolute atomic E-state index is 0.277. The highest BCUT2D eigenvalue weighted by molar-refractivity contribution is 9.10. The Balaban J connectivity index is 1.75. The minimum Gasteiger partial charge on any atom is -0.464 e. The van der Waals surface area contributed by atoms with Gasteiger partial charge < -0.3 is 9.73 Å². The number of nitrogens with one attached hydrogen (secondary N) is 1. The summed E-state index contributed by atoms with van der Waals surface area (Å²) in [5.41, 5.74) is 3.40. The van der Waals surface area contributed by atoms with Crippen molar-refractivity contribution in [1.29, 1.82) is 0 Å². The Hall–Kier alpha value is -1.58. The van der Waals surface area contributed by atoms with Gasteiger partial charge in [-0.1, -0.05) is 52.3 Å². The molecule has 0 amide bonds. The lowest BCUT2D eigenvalue weighted by Crippen LogP contribution is -2.18. The Labute approximate surface area is 126 Å². The Morgan fingerprint density at radius 2 is 1.85 bits per heavy atom. The molecule has 0 saturated heterocycles. The molecule has 102 valence electrons. The normalized spacial score (nSPS) is 12.7. The molecular formula is C17H16BrNO. The Kier molecular flexibility index (Phi) is 3.90. The van der Waals surface area contributed by atoms with Crippen LogP contribution in [0.5, 0.6) is 0 Å². The SMILES string of the molecule is C[C@@H](NCc1coc2ccccc12)c1ccccc1Br. The van der Waals surface area contributed by atoms with E-state index in [0.29, 0.717) is 0 Å². The summed E-state index contributed by atoms with van der Waals surface area (Å²) in [5.74, 6) is 0. The van der Waals surface area contributed by atoms with Crippen molar-refractivity contribution in [1.82, 2.24) is 5.32 Å². The van der Waals surface area contributed by atoms with Crippen LogP contribution >= 0.6 is 15.9 Å². The van der Waals surface area contributed by atoms with E-state index in [2.05, 4.69) is 52.4 Å². The molecule has 0 aliphatic heterocycles. The second-order valence-corrected chi connectivity index (χ2v) is 5.74. The molecule has 3 aromatic rings. The Morgan fingerprint density at radius 3 is 2.70 bits per heavy atom. The molecule has 0 unspecified atom stereocenters. The first-order valence-electron chi connectivity index (χ1n) is 6.68. The summed E-state index contributed by atoms with van der Waals surface area (Å²) in [6, 6.07) is 16.7. The summed E-state index contributed by atoms with van der Waals surface area (Å²) in [6.07, 6.45) is 1.84. The van der Waals surface area contributed by atoms with Crippen LogP contribution in [0.15, 0.2) is 63.7 Å². The minimum atomic E-state index is 0.277. The van der Waals surface area contributed by atoms with E-state index in [0.717, 1.165) is 16.6 Å². The van der Waals surface area contributed by atoms with Gasteiger partial charge in [-0.2, -0.15) is 0 Å². The maximum absolute atomic E-state index is 5.56. The van der Waals surface area contributed by atoms with Gasteiger partial charge >= 0.3 is 0 Å². The number of halogens is 1. The molecule has 3 heteroatoms. The number of para-hydroxylation sites is 1. The first-order valence-corrected chi connectivity index (χ1v) is 7.48. The predicted octanol–water partition coefficient (Wildman–Crippen LogP) is 5.05. The molecule has 0 aliphatic carbocycles. The number of rotatable bonds is 4. The van der Waals surface area contributed by atoms with Crippen LogP contribution in [-0.4, -0.2) is 0 Å². The zero-order chi connectivity index (χ0) is 13.9. The highest BCUT2D eigenvalue weighted by Crippen LogP contribution is 2.24. The third-order valence-corrected chi connectivity index (χ3v) is 4.25. The molecule has 2 nitrogen and oxygen atoms in total. The molecule has 0 radical (unpaired) electrons. The van der Waals surface area contributed by atoms with Gasteiger partial charge in [0.1, 0.15) is 5.58 Å². The van der Waals surface area contributed by atoms with Crippen molar-refractivity contribution < 1.29 is 4.42 Å². The molecule has 0 fully saturated rings. The first-order chi connectivity index (χ1) is 9.75. The standard InChI is InChI=1S/C17H16BrNO/c1-12(14-6-2-4-8-16(14)18)19-10-13-11-20-17-9-5-3-7-15(13)17/h2-9,11-12,19H,10H2,1H3/t12-/m1/s1. The van der Waals surface area contributed by atoms with Crippen LogP contribution in [0.2, 0.25) is 0 Å². The molecule has 0 aliphatic rings. The van der Waals surface area contributed by atoms with Gasteiger partial charge in [0, 0.05) is 28.0 Å². The van der Waals surface area contributed by atoms with Crippen LogP contribution in [0.1, 0.15) is 24.1 Å². The monoisotopic (exact) mass is 329 g/mol. The lowest BCUT2D eigenvalue weighted by molar-refractivity contribution is 0.561. The maximum Gasteiger partial charge on any atom is 0.134 e. The van der Waals surface area contributed by atoms with E-state index >= 15 is 0 Å². The number of furan rings is 1. The van der Waals surface area contributed by atoms with E-state index in [4.69, 9.17) is 4.42 Å². The van der Waals surface area contributed by atoms with Crippen LogP contribution in [0.4, 0.5) is 0 Å². The van der Waals surface area contributed by atoms with Gasteiger partial charge in [0.05, 0.1) is 6.26 Å². The van der Waals surface area contributed by atoms with E-state index in [1.807, 2.05) is 30.5 Å². The van der Waals surface area contributed by atoms with Gasteiger partial charge in [0.2, 0.25) is 0 Å². The van der Waals surface area contributed by atoms with Crippen molar-refractivity contribution in [2.45, 2.75) is 19.5 Å². The molecular weight excluding hydrogens is 314 g/mol. The largest absolute Gasteiger partial charge is 0.464 e. The number of hydrogen-bond donors (Lipinski definition) is 1. The van der Waals surface area contributed by atoms with Crippen LogP contribution in [0.25, 0.3) is 11.0 Å². The summed E-state index contributed by atoms with van der Waals surface area (Å²) in [4.78, 5) is 0. The second-order valence-electron chi connectivity index (χ2n) is 4.88. The van der Waals surface area contributed by atoms with Crippen molar-refractivity contribution in [3.8, 4) is 0 Å². The molecule has 0 saturated carbocycles. The van der Waals surface area contributed by atoms with Crippen molar-refractivity contribution in [2.75, 3.05) is 0 Å². The summed E-state index contributed by atoms with van der Waals surface area (Å²) in [7, 11) is 0. The highest BCUT2D eigenvalue weighted by atomic mass is 79.9. The predicted molar refractivity (Wildman–Crippen MR) is 85.6 cm³/mol. The maximum atomic E-state index is 5.56. The van der Waals surface area contributed by atoms with Gasteiger partial charge in [-0.15, -0.1) is 0 Å². The first kappa shape index (κ1) is 13.4.